The summed E-state index contributed by atoms with van der Waals surface area (Å²) in [5.74, 6) is 0. The molecule has 0 bridgehead atoms. The maximum Gasteiger partial charge on any atom is 0.0875 e. The van der Waals surface area contributed by atoms with Crippen molar-refractivity contribution in [2.45, 2.75) is 12.8 Å². The monoisotopic (exact) mass is 144 g/mol. The lowest BCUT2D eigenvalue weighted by molar-refractivity contribution is 0.247. The minimum Gasteiger partial charge on any atom is -0.502 e. The molecule has 2 heteroatoms. The third-order valence-corrected chi connectivity index (χ3v) is 0.788. The van der Waals surface area contributed by atoms with Gasteiger partial charge in [-0.15, -0.1) is 6.58 Å². The first-order valence-electron chi connectivity index (χ1n) is 2.75. The number of ether oxygens (including phenoxy) is 1. The molecule has 0 aromatic rings. The standard InChI is InChI=1S/C7H12O.H4Si/c1-3-5-6-7-8-4-2;/h3-4H,1-2,5-7H2;1H4. The molecule has 0 N–H and O–H groups in total. The van der Waals surface area contributed by atoms with Gasteiger partial charge in [-0.1, -0.05) is 12.7 Å². The molecule has 1 nitrogen and oxygen atoms in total. The van der Waals surface area contributed by atoms with Crippen LogP contribution in [-0.4, -0.2) is 17.6 Å². The Morgan fingerprint density at radius 2 is 2.00 bits per heavy atom. The van der Waals surface area contributed by atoms with Crippen LogP contribution in [0, 0.1) is 0 Å². The zero-order chi connectivity index (χ0) is 6.24. The predicted octanol–water partition coefficient (Wildman–Crippen LogP) is 0.661. The largest absolute Gasteiger partial charge is 0.502 e. The molecule has 0 amide bonds. The lowest BCUT2D eigenvalue weighted by atomic mass is 10.3. The Bertz CT molecular complexity index is 61.3. The first-order valence-corrected chi connectivity index (χ1v) is 2.75. The van der Waals surface area contributed by atoms with Gasteiger partial charge in [0.15, 0.2) is 0 Å². The van der Waals surface area contributed by atoms with Crippen molar-refractivity contribution in [2.24, 2.45) is 0 Å². The summed E-state index contributed by atoms with van der Waals surface area (Å²) in [6.45, 7) is 7.75. The highest BCUT2D eigenvalue weighted by Crippen LogP contribution is 1.89. The number of hydrogen-bond donors (Lipinski definition) is 0. The Hall–Kier alpha value is -0.503. The molecule has 0 aliphatic carbocycles. The fourth-order valence-corrected chi connectivity index (χ4v) is 0.394. The summed E-state index contributed by atoms with van der Waals surface area (Å²) in [4.78, 5) is 0. The second kappa shape index (κ2) is 10.5. The van der Waals surface area contributed by atoms with Gasteiger partial charge >= 0.3 is 0 Å². The average molecular weight is 144 g/mol. The van der Waals surface area contributed by atoms with Crippen LogP contribution in [0.25, 0.3) is 0 Å². The van der Waals surface area contributed by atoms with Crippen molar-refractivity contribution < 1.29 is 4.74 Å². The van der Waals surface area contributed by atoms with Crippen molar-refractivity contribution in [1.29, 1.82) is 0 Å². The zero-order valence-corrected chi connectivity index (χ0v) is 5.10. The van der Waals surface area contributed by atoms with E-state index in [0.29, 0.717) is 0 Å². The first kappa shape index (κ1) is 11.3. The van der Waals surface area contributed by atoms with Crippen LogP contribution in [0.4, 0.5) is 0 Å². The van der Waals surface area contributed by atoms with Gasteiger partial charge in [0.1, 0.15) is 0 Å². The van der Waals surface area contributed by atoms with E-state index >= 15 is 0 Å². The fourth-order valence-electron chi connectivity index (χ4n) is 0.394. The lowest BCUT2D eigenvalue weighted by Gasteiger charge is -1.94. The highest BCUT2D eigenvalue weighted by Gasteiger charge is 1.78. The molecule has 0 saturated heterocycles. The molecule has 0 spiro atoms. The van der Waals surface area contributed by atoms with Crippen LogP contribution in [0.2, 0.25) is 0 Å². The molecule has 0 rings (SSSR count). The second-order valence-electron chi connectivity index (χ2n) is 1.47. The van der Waals surface area contributed by atoms with Gasteiger partial charge in [-0.3, -0.25) is 0 Å². The molecular formula is C7H16OSi. The Morgan fingerprint density at radius 1 is 1.33 bits per heavy atom. The van der Waals surface area contributed by atoms with E-state index in [1.165, 1.54) is 6.26 Å². The minimum absolute atomic E-state index is 0. The number of hydrogen-bond acceptors (Lipinski definition) is 1. The van der Waals surface area contributed by atoms with E-state index < -0.39 is 0 Å². The van der Waals surface area contributed by atoms with Crippen molar-refractivity contribution in [3.63, 3.8) is 0 Å². The average Bonchev–Trinajstić information content (AvgIpc) is 1.81. The summed E-state index contributed by atoms with van der Waals surface area (Å²) in [6, 6.07) is 0. The van der Waals surface area contributed by atoms with Gasteiger partial charge in [0.05, 0.1) is 12.9 Å². The quantitative estimate of drug-likeness (QED) is 0.238. The molecule has 9 heavy (non-hydrogen) atoms. The summed E-state index contributed by atoms with van der Waals surface area (Å²) in [5.41, 5.74) is 0. The van der Waals surface area contributed by atoms with E-state index in [-0.39, 0.29) is 11.0 Å². The Balaban J connectivity index is 0. The van der Waals surface area contributed by atoms with Crippen molar-refractivity contribution in [1.82, 2.24) is 0 Å². The van der Waals surface area contributed by atoms with Crippen molar-refractivity contribution >= 4 is 11.0 Å². The topological polar surface area (TPSA) is 9.23 Å². The SMILES string of the molecule is C=CCCCOC=C.[SiH4]. The van der Waals surface area contributed by atoms with Crippen LogP contribution in [0.5, 0.6) is 0 Å². The Morgan fingerprint density at radius 3 is 2.44 bits per heavy atom. The zero-order valence-electron chi connectivity index (χ0n) is 5.10. The third-order valence-electron chi connectivity index (χ3n) is 0.788. The van der Waals surface area contributed by atoms with Crippen LogP contribution in [-0.2, 0) is 4.74 Å². The molecule has 0 radical (unpaired) electrons. The highest BCUT2D eigenvalue weighted by atomic mass is 28.1. The van der Waals surface area contributed by atoms with E-state index in [1.54, 1.807) is 0 Å². The lowest BCUT2D eigenvalue weighted by Crippen LogP contribution is -1.83. The van der Waals surface area contributed by atoms with Gasteiger partial charge < -0.3 is 4.74 Å². The van der Waals surface area contributed by atoms with Crippen molar-refractivity contribution in [3.05, 3.63) is 25.5 Å². The summed E-state index contributed by atoms with van der Waals surface area (Å²) in [7, 11) is 0. The molecule has 0 aromatic heterocycles. The Kier molecular flexibility index (Phi) is 13.2. The smallest absolute Gasteiger partial charge is 0.0875 e. The summed E-state index contributed by atoms with van der Waals surface area (Å²) in [5, 5.41) is 0. The van der Waals surface area contributed by atoms with Gasteiger partial charge in [0.2, 0.25) is 0 Å². The summed E-state index contributed by atoms with van der Waals surface area (Å²) < 4.78 is 4.85. The number of rotatable bonds is 5. The van der Waals surface area contributed by atoms with Crippen LogP contribution in [0.3, 0.4) is 0 Å². The number of unbranched alkanes of at least 4 members (excludes halogenated alkanes) is 1. The van der Waals surface area contributed by atoms with Gasteiger partial charge in [-0.05, 0) is 23.8 Å². The fraction of sp³-hybridized carbons (Fsp3) is 0.429. The van der Waals surface area contributed by atoms with Gasteiger partial charge in [0, 0.05) is 0 Å². The molecule has 0 heterocycles. The van der Waals surface area contributed by atoms with Crippen molar-refractivity contribution in [2.75, 3.05) is 6.61 Å². The minimum atomic E-state index is 0. The first-order chi connectivity index (χ1) is 3.91. The summed E-state index contributed by atoms with van der Waals surface area (Å²) >= 11 is 0. The molecule has 0 unspecified atom stereocenters. The molecule has 0 aliphatic rings. The number of allylic oxidation sites excluding steroid dienone is 1. The van der Waals surface area contributed by atoms with E-state index in [2.05, 4.69) is 13.2 Å². The Labute approximate surface area is 61.4 Å². The van der Waals surface area contributed by atoms with Gasteiger partial charge in [-0.2, -0.15) is 0 Å². The van der Waals surface area contributed by atoms with Crippen LogP contribution < -0.4 is 0 Å². The molecule has 0 saturated carbocycles. The summed E-state index contributed by atoms with van der Waals surface area (Å²) in [6.07, 6.45) is 5.40. The predicted molar refractivity (Wildman–Crippen MR) is 46.9 cm³/mol. The second-order valence-corrected chi connectivity index (χ2v) is 1.47. The molecule has 0 atom stereocenters. The van der Waals surface area contributed by atoms with Crippen molar-refractivity contribution in [3.8, 4) is 0 Å². The third kappa shape index (κ3) is 11.2. The normalized spacial score (nSPS) is 7.11. The maximum atomic E-state index is 4.85. The van der Waals surface area contributed by atoms with Gasteiger partial charge in [0.25, 0.3) is 0 Å². The van der Waals surface area contributed by atoms with Gasteiger partial charge in [-0.25, -0.2) is 0 Å². The van der Waals surface area contributed by atoms with E-state index in [0.717, 1.165) is 19.4 Å². The molecule has 0 aromatic carbocycles. The molecule has 54 valence electrons. The molecule has 0 fully saturated rings. The van der Waals surface area contributed by atoms with E-state index in [9.17, 15) is 0 Å². The van der Waals surface area contributed by atoms with Crippen LogP contribution >= 0.6 is 0 Å². The molecular weight excluding hydrogens is 128 g/mol. The van der Waals surface area contributed by atoms with Crippen LogP contribution in [0.15, 0.2) is 25.5 Å². The maximum absolute atomic E-state index is 4.85. The van der Waals surface area contributed by atoms with Crippen LogP contribution in [0.1, 0.15) is 12.8 Å². The van der Waals surface area contributed by atoms with E-state index in [1.807, 2.05) is 6.08 Å². The highest BCUT2D eigenvalue weighted by molar-refractivity contribution is 5.75. The van der Waals surface area contributed by atoms with E-state index in [4.69, 9.17) is 4.74 Å². The molecule has 0 aliphatic heterocycles.